The van der Waals surface area contributed by atoms with Gasteiger partial charge in [-0.3, -0.25) is 0 Å². The Labute approximate surface area is 113 Å². The van der Waals surface area contributed by atoms with E-state index in [-0.39, 0.29) is 0 Å². The van der Waals surface area contributed by atoms with Crippen LogP contribution in [0, 0.1) is 9.85 Å². The molecule has 4 nitrogen and oxygen atoms in total. The van der Waals surface area contributed by atoms with Crippen LogP contribution in [-0.4, -0.2) is 29.4 Å². The van der Waals surface area contributed by atoms with E-state index in [4.69, 9.17) is 9.47 Å². The smallest absolute Gasteiger partial charge is 0.262 e. The minimum atomic E-state index is 0.298. The summed E-state index contributed by atoms with van der Waals surface area (Å²) in [5.41, 5.74) is 0. The van der Waals surface area contributed by atoms with Crippen molar-refractivity contribution in [3.8, 4) is 21.5 Å². The second-order valence-corrected chi connectivity index (χ2v) is 4.29. The summed E-state index contributed by atoms with van der Waals surface area (Å²) in [6.45, 7) is 2.34. The first kappa shape index (κ1) is 13.4. The number of thioether (sulfide) groups is 1. The van der Waals surface area contributed by atoms with E-state index in [2.05, 4.69) is 19.8 Å². The molecule has 1 rings (SSSR count). The maximum atomic E-state index is 5.39. The van der Waals surface area contributed by atoms with E-state index in [0.29, 0.717) is 23.4 Å². The van der Waals surface area contributed by atoms with Crippen molar-refractivity contribution in [2.45, 2.75) is 12.1 Å². The summed E-state index contributed by atoms with van der Waals surface area (Å²) in [5, 5.41) is 0.681. The lowest BCUT2D eigenvalue weighted by Crippen LogP contribution is -2.01. The zero-order valence-corrected chi connectivity index (χ0v) is 12.0. The van der Waals surface area contributed by atoms with Gasteiger partial charge in [-0.15, -0.1) is 0 Å². The minimum absolute atomic E-state index is 0.298. The van der Waals surface area contributed by atoms with Gasteiger partial charge in [-0.2, -0.15) is 4.98 Å². The van der Waals surface area contributed by atoms with Crippen LogP contribution in [0.2, 0.25) is 0 Å². The molecule has 86 valence electrons. The number of nitrogens with zero attached hydrogens (tertiary/aromatic N) is 2. The summed E-state index contributed by atoms with van der Waals surface area (Å²) in [5.74, 6) is 4.67. The molecule has 1 aromatic heterocycles. The number of ether oxygens (including phenoxy) is 2. The SMILES string of the molecule is CCSc1ncc(OC)c(OCC#CI)n1. The monoisotopic (exact) mass is 350 g/mol. The molecule has 0 amide bonds. The molecule has 0 aromatic carbocycles. The van der Waals surface area contributed by atoms with Crippen molar-refractivity contribution in [3.63, 3.8) is 0 Å². The number of rotatable bonds is 5. The molecule has 6 heteroatoms. The van der Waals surface area contributed by atoms with Crippen LogP contribution in [0.15, 0.2) is 11.4 Å². The third-order valence-electron chi connectivity index (χ3n) is 1.54. The molecule has 0 aliphatic carbocycles. The maximum Gasteiger partial charge on any atom is 0.262 e. The Kier molecular flexibility index (Phi) is 6.33. The van der Waals surface area contributed by atoms with Crippen molar-refractivity contribution in [3.05, 3.63) is 6.20 Å². The number of methoxy groups -OCH3 is 1. The number of aromatic nitrogens is 2. The number of hydrogen-bond donors (Lipinski definition) is 0. The first-order valence-corrected chi connectivity index (χ1v) is 6.63. The van der Waals surface area contributed by atoms with Gasteiger partial charge in [0.2, 0.25) is 0 Å². The average Bonchev–Trinajstić information content (AvgIpc) is 2.30. The zero-order chi connectivity index (χ0) is 11.8. The van der Waals surface area contributed by atoms with E-state index in [0.717, 1.165) is 5.75 Å². The molecule has 0 fully saturated rings. The Hall–Kier alpha value is -0.680. The Morgan fingerprint density at radius 1 is 1.56 bits per heavy atom. The van der Waals surface area contributed by atoms with Crippen molar-refractivity contribution in [2.75, 3.05) is 19.5 Å². The third kappa shape index (κ3) is 4.06. The van der Waals surface area contributed by atoms with E-state index >= 15 is 0 Å². The van der Waals surface area contributed by atoms with Crippen molar-refractivity contribution in [1.29, 1.82) is 0 Å². The predicted molar refractivity (Wildman–Crippen MR) is 72.3 cm³/mol. The highest BCUT2D eigenvalue weighted by Crippen LogP contribution is 2.25. The Bertz CT molecular complexity index is 404. The molecular formula is C10H11IN2O2S. The molecule has 0 aliphatic rings. The van der Waals surface area contributed by atoms with Crippen LogP contribution in [0.3, 0.4) is 0 Å². The molecule has 0 saturated heterocycles. The maximum absolute atomic E-state index is 5.39. The van der Waals surface area contributed by atoms with E-state index in [1.165, 1.54) is 0 Å². The minimum Gasteiger partial charge on any atom is -0.490 e. The average molecular weight is 350 g/mol. The quantitative estimate of drug-likeness (QED) is 0.353. The number of halogens is 1. The van der Waals surface area contributed by atoms with Crippen molar-refractivity contribution < 1.29 is 9.47 Å². The summed E-state index contributed by atoms with van der Waals surface area (Å²) in [6.07, 6.45) is 1.61. The van der Waals surface area contributed by atoms with E-state index < -0.39 is 0 Å². The largest absolute Gasteiger partial charge is 0.490 e. The molecule has 0 saturated carbocycles. The summed E-state index contributed by atoms with van der Waals surface area (Å²) < 4.78 is 13.2. The Morgan fingerprint density at radius 2 is 2.38 bits per heavy atom. The van der Waals surface area contributed by atoms with Crippen LogP contribution in [0.1, 0.15) is 6.92 Å². The fourth-order valence-corrected chi connectivity index (χ4v) is 1.60. The van der Waals surface area contributed by atoms with Crippen molar-refractivity contribution in [1.82, 2.24) is 9.97 Å². The second-order valence-electron chi connectivity index (χ2n) is 2.52. The van der Waals surface area contributed by atoms with E-state index in [1.807, 2.05) is 29.5 Å². The summed E-state index contributed by atoms with van der Waals surface area (Å²) in [6, 6.07) is 0. The van der Waals surface area contributed by atoms with Crippen LogP contribution in [0.4, 0.5) is 0 Å². The lowest BCUT2D eigenvalue weighted by atomic mass is 10.5. The fourth-order valence-electron chi connectivity index (χ4n) is 0.914. The van der Waals surface area contributed by atoms with Gasteiger partial charge >= 0.3 is 0 Å². The van der Waals surface area contributed by atoms with Crippen LogP contribution in [-0.2, 0) is 0 Å². The second kappa shape index (κ2) is 7.57. The highest BCUT2D eigenvalue weighted by molar-refractivity contribution is 14.1. The van der Waals surface area contributed by atoms with Crippen LogP contribution >= 0.6 is 34.4 Å². The van der Waals surface area contributed by atoms with Crippen LogP contribution in [0.25, 0.3) is 0 Å². The summed E-state index contributed by atoms with van der Waals surface area (Å²) in [4.78, 5) is 8.38. The standard InChI is InChI=1S/C10H11IN2O2S/c1-3-16-10-12-7-8(14-2)9(13-10)15-6-4-5-11/h7H,3,6H2,1-2H3. The molecule has 0 atom stereocenters. The lowest BCUT2D eigenvalue weighted by Gasteiger charge is -2.07. The highest BCUT2D eigenvalue weighted by atomic mass is 127. The Morgan fingerprint density at radius 3 is 3.00 bits per heavy atom. The first-order valence-electron chi connectivity index (χ1n) is 4.57. The molecule has 0 spiro atoms. The van der Waals surface area contributed by atoms with Gasteiger partial charge in [0, 0.05) is 22.6 Å². The molecule has 0 N–H and O–H groups in total. The van der Waals surface area contributed by atoms with Gasteiger partial charge < -0.3 is 9.47 Å². The van der Waals surface area contributed by atoms with Gasteiger partial charge in [0.25, 0.3) is 5.88 Å². The zero-order valence-electron chi connectivity index (χ0n) is 8.99. The van der Waals surface area contributed by atoms with Gasteiger partial charge in [0.15, 0.2) is 17.5 Å². The molecule has 0 aliphatic heterocycles. The normalized spacial score (nSPS) is 9.19. The molecular weight excluding hydrogens is 339 g/mol. The van der Waals surface area contributed by atoms with E-state index in [1.54, 1.807) is 25.1 Å². The van der Waals surface area contributed by atoms with Gasteiger partial charge in [0.1, 0.15) is 0 Å². The van der Waals surface area contributed by atoms with Gasteiger partial charge in [0.05, 0.1) is 13.3 Å². The van der Waals surface area contributed by atoms with Gasteiger partial charge in [-0.25, -0.2) is 4.98 Å². The highest BCUT2D eigenvalue weighted by Gasteiger charge is 2.08. The molecule has 16 heavy (non-hydrogen) atoms. The fraction of sp³-hybridized carbons (Fsp3) is 0.400. The molecule has 0 radical (unpaired) electrons. The molecule has 0 bridgehead atoms. The summed E-state index contributed by atoms with van der Waals surface area (Å²) in [7, 11) is 1.56. The predicted octanol–water partition coefficient (Wildman–Crippen LogP) is 2.37. The number of hydrogen-bond acceptors (Lipinski definition) is 5. The molecule has 1 heterocycles. The first-order chi connectivity index (χ1) is 7.81. The topological polar surface area (TPSA) is 44.2 Å². The molecule has 0 unspecified atom stereocenters. The van der Waals surface area contributed by atoms with Crippen LogP contribution < -0.4 is 9.47 Å². The Balaban J connectivity index is 2.82. The van der Waals surface area contributed by atoms with Crippen molar-refractivity contribution in [2.24, 2.45) is 0 Å². The van der Waals surface area contributed by atoms with Gasteiger partial charge in [-0.1, -0.05) is 24.6 Å². The summed E-state index contributed by atoms with van der Waals surface area (Å²) >= 11 is 3.51. The lowest BCUT2D eigenvalue weighted by molar-refractivity contribution is 0.313. The van der Waals surface area contributed by atoms with Crippen molar-refractivity contribution >= 4 is 34.4 Å². The molecule has 1 aromatic rings. The third-order valence-corrected chi connectivity index (χ3v) is 2.67. The van der Waals surface area contributed by atoms with Gasteiger partial charge in [-0.05, 0) is 9.68 Å². The van der Waals surface area contributed by atoms with Crippen LogP contribution in [0.5, 0.6) is 11.6 Å². The van der Waals surface area contributed by atoms with E-state index in [9.17, 15) is 0 Å².